The monoisotopic (exact) mass is 291 g/mol. The minimum absolute atomic E-state index is 0.0907. The lowest BCUT2D eigenvalue weighted by Gasteiger charge is -2.22. The number of methoxy groups -OCH3 is 2. The predicted molar refractivity (Wildman–Crippen MR) is 87.0 cm³/mol. The van der Waals surface area contributed by atoms with E-state index >= 15 is 0 Å². The van der Waals surface area contributed by atoms with Crippen LogP contribution in [0.2, 0.25) is 0 Å². The van der Waals surface area contributed by atoms with Crippen LogP contribution in [0, 0.1) is 12.8 Å². The molecule has 2 rings (SSSR count). The highest BCUT2D eigenvalue weighted by Gasteiger charge is 2.19. The third-order valence-electron chi connectivity index (χ3n) is 4.73. The van der Waals surface area contributed by atoms with Crippen molar-refractivity contribution in [2.24, 2.45) is 11.7 Å². The summed E-state index contributed by atoms with van der Waals surface area (Å²) in [6.07, 6.45) is 9.25. The first-order valence-corrected chi connectivity index (χ1v) is 8.13. The SMILES string of the molecule is COc1cc(C)c(C(N)CC2CCCCCC2)cc1OC. The molecular formula is C18H29NO2. The van der Waals surface area contributed by atoms with Crippen LogP contribution < -0.4 is 15.2 Å². The largest absolute Gasteiger partial charge is 0.493 e. The van der Waals surface area contributed by atoms with Crippen molar-refractivity contribution in [1.82, 2.24) is 0 Å². The number of nitrogens with two attached hydrogens (primary N) is 1. The number of hydrogen-bond donors (Lipinski definition) is 1. The van der Waals surface area contributed by atoms with Gasteiger partial charge in [-0.3, -0.25) is 0 Å². The van der Waals surface area contributed by atoms with Crippen molar-refractivity contribution >= 4 is 0 Å². The maximum atomic E-state index is 6.50. The van der Waals surface area contributed by atoms with E-state index in [1.165, 1.54) is 49.7 Å². The molecule has 1 aromatic rings. The maximum Gasteiger partial charge on any atom is 0.161 e. The summed E-state index contributed by atoms with van der Waals surface area (Å²) in [5.41, 5.74) is 8.88. The smallest absolute Gasteiger partial charge is 0.161 e. The van der Waals surface area contributed by atoms with Gasteiger partial charge in [0.05, 0.1) is 14.2 Å². The Morgan fingerprint density at radius 3 is 2.19 bits per heavy atom. The van der Waals surface area contributed by atoms with Gasteiger partial charge in [-0.25, -0.2) is 0 Å². The van der Waals surface area contributed by atoms with Crippen LogP contribution in [0.25, 0.3) is 0 Å². The van der Waals surface area contributed by atoms with Gasteiger partial charge in [-0.2, -0.15) is 0 Å². The van der Waals surface area contributed by atoms with Crippen molar-refractivity contribution in [2.75, 3.05) is 14.2 Å². The Morgan fingerprint density at radius 1 is 1.05 bits per heavy atom. The fourth-order valence-corrected chi connectivity index (χ4v) is 3.48. The highest BCUT2D eigenvalue weighted by molar-refractivity contribution is 5.48. The quantitative estimate of drug-likeness (QED) is 0.819. The van der Waals surface area contributed by atoms with Gasteiger partial charge in [0.25, 0.3) is 0 Å². The molecule has 0 aromatic heterocycles. The van der Waals surface area contributed by atoms with Gasteiger partial charge in [0.15, 0.2) is 11.5 Å². The van der Waals surface area contributed by atoms with Crippen LogP contribution in [0.5, 0.6) is 11.5 Å². The summed E-state index contributed by atoms with van der Waals surface area (Å²) in [7, 11) is 3.34. The van der Waals surface area contributed by atoms with Gasteiger partial charge < -0.3 is 15.2 Å². The summed E-state index contributed by atoms with van der Waals surface area (Å²) in [6.45, 7) is 2.10. The fraction of sp³-hybridized carbons (Fsp3) is 0.667. The molecule has 3 heteroatoms. The molecule has 0 saturated heterocycles. The Morgan fingerprint density at radius 2 is 1.62 bits per heavy atom. The first-order chi connectivity index (χ1) is 10.2. The van der Waals surface area contributed by atoms with Crippen molar-refractivity contribution < 1.29 is 9.47 Å². The van der Waals surface area contributed by atoms with E-state index in [1.807, 2.05) is 6.07 Å². The van der Waals surface area contributed by atoms with Crippen LogP contribution in [-0.4, -0.2) is 14.2 Å². The van der Waals surface area contributed by atoms with E-state index in [0.29, 0.717) is 0 Å². The minimum Gasteiger partial charge on any atom is -0.493 e. The second-order valence-corrected chi connectivity index (χ2v) is 6.26. The van der Waals surface area contributed by atoms with Gasteiger partial charge in [-0.15, -0.1) is 0 Å². The molecule has 0 amide bonds. The molecule has 0 spiro atoms. The molecule has 0 radical (unpaired) electrons. The van der Waals surface area contributed by atoms with Gasteiger partial charge in [-0.05, 0) is 42.5 Å². The van der Waals surface area contributed by atoms with Crippen LogP contribution in [0.4, 0.5) is 0 Å². The molecule has 3 nitrogen and oxygen atoms in total. The minimum atomic E-state index is 0.0907. The van der Waals surface area contributed by atoms with E-state index in [-0.39, 0.29) is 6.04 Å². The van der Waals surface area contributed by atoms with E-state index in [1.54, 1.807) is 14.2 Å². The van der Waals surface area contributed by atoms with Crippen molar-refractivity contribution in [1.29, 1.82) is 0 Å². The van der Waals surface area contributed by atoms with Gasteiger partial charge in [0, 0.05) is 6.04 Å². The van der Waals surface area contributed by atoms with E-state index in [0.717, 1.165) is 23.8 Å². The van der Waals surface area contributed by atoms with Crippen molar-refractivity contribution in [3.8, 4) is 11.5 Å². The summed E-state index contributed by atoms with van der Waals surface area (Å²) >= 11 is 0. The molecule has 118 valence electrons. The molecule has 2 N–H and O–H groups in total. The molecule has 1 aromatic carbocycles. The Balaban J connectivity index is 2.12. The lowest BCUT2D eigenvalue weighted by molar-refractivity contribution is 0.352. The molecule has 0 aliphatic heterocycles. The summed E-state index contributed by atoms with van der Waals surface area (Å²) in [5.74, 6) is 2.32. The molecule has 1 aliphatic rings. The summed E-state index contributed by atoms with van der Waals surface area (Å²) in [5, 5.41) is 0. The van der Waals surface area contributed by atoms with Crippen LogP contribution in [-0.2, 0) is 0 Å². The second kappa shape index (κ2) is 7.69. The normalized spacial score (nSPS) is 18.1. The zero-order valence-corrected chi connectivity index (χ0v) is 13.7. The van der Waals surface area contributed by atoms with Gasteiger partial charge in [-0.1, -0.05) is 38.5 Å². The van der Waals surface area contributed by atoms with Gasteiger partial charge >= 0.3 is 0 Å². The highest BCUT2D eigenvalue weighted by Crippen LogP contribution is 2.36. The van der Waals surface area contributed by atoms with Crippen LogP contribution in [0.15, 0.2) is 12.1 Å². The first-order valence-electron chi connectivity index (χ1n) is 8.13. The standard InChI is InChI=1S/C18H29NO2/c1-13-10-17(20-2)18(21-3)12-15(13)16(19)11-14-8-6-4-5-7-9-14/h10,12,14,16H,4-9,11,19H2,1-3H3. The van der Waals surface area contributed by atoms with Crippen molar-refractivity contribution in [2.45, 2.75) is 57.9 Å². The average molecular weight is 291 g/mol. The average Bonchev–Trinajstić information content (AvgIpc) is 2.75. The third kappa shape index (κ3) is 4.13. The Labute approximate surface area is 128 Å². The lowest BCUT2D eigenvalue weighted by Crippen LogP contribution is -2.16. The summed E-state index contributed by atoms with van der Waals surface area (Å²) in [4.78, 5) is 0. The number of benzene rings is 1. The van der Waals surface area contributed by atoms with E-state index in [4.69, 9.17) is 15.2 Å². The van der Waals surface area contributed by atoms with E-state index in [2.05, 4.69) is 13.0 Å². The molecule has 1 aliphatic carbocycles. The zero-order chi connectivity index (χ0) is 15.2. The van der Waals surface area contributed by atoms with Crippen LogP contribution in [0.1, 0.15) is 62.1 Å². The predicted octanol–water partition coefficient (Wildman–Crippen LogP) is 4.37. The molecule has 1 atom stereocenters. The topological polar surface area (TPSA) is 44.5 Å². The molecule has 0 heterocycles. The molecule has 1 unspecified atom stereocenters. The summed E-state index contributed by atoms with van der Waals surface area (Å²) < 4.78 is 10.8. The van der Waals surface area contributed by atoms with Crippen LogP contribution in [0.3, 0.4) is 0 Å². The molecule has 1 saturated carbocycles. The summed E-state index contributed by atoms with van der Waals surface area (Å²) in [6, 6.07) is 4.17. The van der Waals surface area contributed by atoms with E-state index < -0.39 is 0 Å². The first kappa shape index (κ1) is 16.2. The number of rotatable bonds is 5. The Bertz CT molecular complexity index is 451. The number of ether oxygens (including phenoxy) is 2. The van der Waals surface area contributed by atoms with Crippen molar-refractivity contribution in [3.63, 3.8) is 0 Å². The fourth-order valence-electron chi connectivity index (χ4n) is 3.48. The molecule has 1 fully saturated rings. The second-order valence-electron chi connectivity index (χ2n) is 6.26. The molecule has 0 bridgehead atoms. The number of hydrogen-bond acceptors (Lipinski definition) is 3. The van der Waals surface area contributed by atoms with Crippen molar-refractivity contribution in [3.05, 3.63) is 23.3 Å². The van der Waals surface area contributed by atoms with Gasteiger partial charge in [0.2, 0.25) is 0 Å². The maximum absolute atomic E-state index is 6.50. The zero-order valence-electron chi connectivity index (χ0n) is 13.7. The van der Waals surface area contributed by atoms with Gasteiger partial charge in [0.1, 0.15) is 0 Å². The number of aryl methyl sites for hydroxylation is 1. The third-order valence-corrected chi connectivity index (χ3v) is 4.73. The molecule has 21 heavy (non-hydrogen) atoms. The van der Waals surface area contributed by atoms with E-state index in [9.17, 15) is 0 Å². The Hall–Kier alpha value is -1.22. The Kier molecular flexibility index (Phi) is 5.92. The highest BCUT2D eigenvalue weighted by atomic mass is 16.5. The molecular weight excluding hydrogens is 262 g/mol. The van der Waals surface area contributed by atoms with Crippen LogP contribution >= 0.6 is 0 Å². The lowest BCUT2D eigenvalue weighted by atomic mass is 9.88.